The molecule has 0 spiro atoms. The van der Waals surface area contributed by atoms with Crippen LogP contribution in [-0.4, -0.2) is 20.7 Å². The van der Waals surface area contributed by atoms with E-state index in [9.17, 15) is 4.79 Å². The number of rotatable bonds is 3. The number of hydrogen-bond donors (Lipinski definition) is 2. The van der Waals surface area contributed by atoms with Gasteiger partial charge in [0, 0.05) is 21.3 Å². The maximum atomic E-state index is 11.9. The number of nitrogens with one attached hydrogen (secondary N) is 1. The van der Waals surface area contributed by atoms with Crippen molar-refractivity contribution in [1.29, 1.82) is 0 Å². The lowest BCUT2D eigenvalue weighted by atomic mass is 10.2. The van der Waals surface area contributed by atoms with Gasteiger partial charge in [0.05, 0.1) is 5.69 Å². The third kappa shape index (κ3) is 3.01. The molecule has 5 nitrogen and oxygen atoms in total. The number of carbonyl (C=O) groups excluding carboxylic acids is 1. The summed E-state index contributed by atoms with van der Waals surface area (Å²) in [5, 5.41) is 10.2. The van der Waals surface area contributed by atoms with Crippen LogP contribution in [0.25, 0.3) is 17.1 Å². The molecular weight excluding hydrogens is 349 g/mol. The highest BCUT2D eigenvalue weighted by Gasteiger charge is 2.21. The van der Waals surface area contributed by atoms with E-state index in [2.05, 4.69) is 4.98 Å². The predicted molar refractivity (Wildman–Crippen MR) is 93.0 cm³/mol. The summed E-state index contributed by atoms with van der Waals surface area (Å²) in [7, 11) is 0. The minimum absolute atomic E-state index is 0.136. The monoisotopic (exact) mass is 361 g/mol. The van der Waals surface area contributed by atoms with Crippen LogP contribution in [-0.2, 0) is 0 Å². The number of imidazole rings is 1. The Balaban J connectivity index is 2.24. The molecule has 122 valence electrons. The van der Waals surface area contributed by atoms with Crippen LogP contribution >= 0.6 is 23.2 Å². The number of halogens is 2. The molecule has 0 saturated carbocycles. The van der Waals surface area contributed by atoms with Gasteiger partial charge in [-0.3, -0.25) is 14.6 Å². The predicted octanol–water partition coefficient (Wildman–Crippen LogP) is 4.27. The van der Waals surface area contributed by atoms with Gasteiger partial charge in [-0.25, -0.2) is 10.5 Å². The number of carbonyl (C=O) groups is 1. The molecule has 0 unspecified atom stereocenters. The van der Waals surface area contributed by atoms with E-state index < -0.39 is 5.91 Å². The van der Waals surface area contributed by atoms with E-state index in [-0.39, 0.29) is 5.69 Å². The zero-order valence-corrected chi connectivity index (χ0v) is 14.1. The maximum Gasteiger partial charge on any atom is 0.295 e. The van der Waals surface area contributed by atoms with Crippen molar-refractivity contribution in [1.82, 2.24) is 15.0 Å². The van der Waals surface area contributed by atoms with Gasteiger partial charge in [0.1, 0.15) is 5.82 Å². The lowest BCUT2D eigenvalue weighted by molar-refractivity contribution is 0.0700. The molecule has 0 aliphatic heterocycles. The summed E-state index contributed by atoms with van der Waals surface area (Å²) in [5.74, 6) is -0.111. The number of hydroxylamine groups is 1. The Morgan fingerprint density at radius 2 is 1.58 bits per heavy atom. The highest BCUT2D eigenvalue weighted by molar-refractivity contribution is 6.30. The first kappa shape index (κ1) is 16.5. The van der Waals surface area contributed by atoms with Crippen LogP contribution in [0, 0.1) is 6.92 Å². The van der Waals surface area contributed by atoms with E-state index in [4.69, 9.17) is 28.4 Å². The summed E-state index contributed by atoms with van der Waals surface area (Å²) in [4.78, 5) is 16.3. The SMILES string of the molecule is Cc1c(C(=O)NO)nc(-c2ccc(Cl)cc2)n1-c1ccc(Cl)cc1. The smallest absolute Gasteiger partial charge is 0.295 e. The van der Waals surface area contributed by atoms with Crippen molar-refractivity contribution in [2.45, 2.75) is 6.92 Å². The second-order valence-electron chi connectivity index (χ2n) is 5.13. The van der Waals surface area contributed by atoms with Gasteiger partial charge in [0.2, 0.25) is 0 Å². The van der Waals surface area contributed by atoms with Gasteiger partial charge in [-0.05, 0) is 55.5 Å². The average Bonchev–Trinajstić information content (AvgIpc) is 2.93. The van der Waals surface area contributed by atoms with Crippen LogP contribution < -0.4 is 5.48 Å². The molecule has 0 aliphatic rings. The van der Waals surface area contributed by atoms with Crippen LogP contribution in [0.3, 0.4) is 0 Å². The van der Waals surface area contributed by atoms with E-state index >= 15 is 0 Å². The largest absolute Gasteiger partial charge is 0.296 e. The first-order chi connectivity index (χ1) is 11.5. The van der Waals surface area contributed by atoms with Crippen molar-refractivity contribution < 1.29 is 10.0 Å². The molecule has 3 rings (SSSR count). The molecule has 0 saturated heterocycles. The van der Waals surface area contributed by atoms with Crippen LogP contribution in [0.15, 0.2) is 48.5 Å². The van der Waals surface area contributed by atoms with E-state index in [1.807, 2.05) is 28.8 Å². The van der Waals surface area contributed by atoms with E-state index in [0.717, 1.165) is 11.3 Å². The highest BCUT2D eigenvalue weighted by atomic mass is 35.5. The third-order valence-electron chi connectivity index (χ3n) is 3.61. The summed E-state index contributed by atoms with van der Waals surface area (Å²) >= 11 is 11.9. The number of aromatic nitrogens is 2. The quantitative estimate of drug-likeness (QED) is 0.540. The van der Waals surface area contributed by atoms with E-state index in [0.29, 0.717) is 21.6 Å². The maximum absolute atomic E-state index is 11.9. The fraction of sp³-hybridized carbons (Fsp3) is 0.0588. The number of hydrogen-bond acceptors (Lipinski definition) is 3. The molecule has 3 aromatic rings. The Bertz CT molecular complexity index is 887. The first-order valence-electron chi connectivity index (χ1n) is 7.07. The van der Waals surface area contributed by atoms with Gasteiger partial charge in [-0.1, -0.05) is 23.2 Å². The summed E-state index contributed by atoms with van der Waals surface area (Å²) < 4.78 is 1.82. The van der Waals surface area contributed by atoms with E-state index in [1.165, 1.54) is 0 Å². The number of benzene rings is 2. The van der Waals surface area contributed by atoms with Gasteiger partial charge in [-0.15, -0.1) is 0 Å². The zero-order valence-electron chi connectivity index (χ0n) is 12.6. The lowest BCUT2D eigenvalue weighted by Gasteiger charge is -2.10. The molecule has 0 radical (unpaired) electrons. The second-order valence-corrected chi connectivity index (χ2v) is 6.00. The standard InChI is InChI=1S/C17H13Cl2N3O2/c1-10-15(17(23)21-24)20-16(11-2-4-12(18)5-3-11)22(10)14-8-6-13(19)7-9-14/h2-9,24H,1H3,(H,21,23). The van der Waals surface area contributed by atoms with Gasteiger partial charge >= 0.3 is 0 Å². The molecule has 7 heteroatoms. The van der Waals surface area contributed by atoms with Gasteiger partial charge in [0.15, 0.2) is 5.69 Å². The van der Waals surface area contributed by atoms with Crippen LogP contribution in [0.4, 0.5) is 0 Å². The molecule has 2 aromatic carbocycles. The van der Waals surface area contributed by atoms with Crippen molar-refractivity contribution in [2.75, 3.05) is 0 Å². The van der Waals surface area contributed by atoms with Gasteiger partial charge in [-0.2, -0.15) is 0 Å². The molecule has 0 bridgehead atoms. The minimum Gasteiger partial charge on any atom is -0.296 e. The first-order valence-corrected chi connectivity index (χ1v) is 7.82. The molecule has 1 amide bonds. The number of nitrogens with zero attached hydrogens (tertiary/aromatic N) is 2. The molecule has 24 heavy (non-hydrogen) atoms. The van der Waals surface area contributed by atoms with Crippen molar-refractivity contribution in [3.63, 3.8) is 0 Å². The fourth-order valence-corrected chi connectivity index (χ4v) is 2.72. The van der Waals surface area contributed by atoms with Crippen LogP contribution in [0.5, 0.6) is 0 Å². The fourth-order valence-electron chi connectivity index (χ4n) is 2.47. The molecular formula is C17H13Cl2N3O2. The summed E-state index contributed by atoms with van der Waals surface area (Å²) in [6.07, 6.45) is 0. The molecule has 0 atom stereocenters. The van der Waals surface area contributed by atoms with Crippen molar-refractivity contribution >= 4 is 29.1 Å². The average molecular weight is 362 g/mol. The topological polar surface area (TPSA) is 67.2 Å². The second kappa shape index (κ2) is 6.65. The summed E-state index contributed by atoms with van der Waals surface area (Å²) in [6.45, 7) is 1.76. The third-order valence-corrected chi connectivity index (χ3v) is 4.12. The molecule has 1 aromatic heterocycles. The van der Waals surface area contributed by atoms with Gasteiger partial charge in [0.25, 0.3) is 5.91 Å². The highest BCUT2D eigenvalue weighted by Crippen LogP contribution is 2.28. The Kier molecular flexibility index (Phi) is 4.57. The Morgan fingerprint density at radius 1 is 1.04 bits per heavy atom. The molecule has 0 fully saturated rings. The van der Waals surface area contributed by atoms with Crippen molar-refractivity contribution in [3.05, 3.63) is 70.0 Å². The zero-order chi connectivity index (χ0) is 17.3. The van der Waals surface area contributed by atoms with Crippen LogP contribution in [0.1, 0.15) is 16.2 Å². The minimum atomic E-state index is -0.671. The van der Waals surface area contributed by atoms with Gasteiger partial charge < -0.3 is 0 Å². The normalized spacial score (nSPS) is 10.7. The molecule has 2 N–H and O–H groups in total. The molecule has 0 aliphatic carbocycles. The van der Waals surface area contributed by atoms with E-state index in [1.54, 1.807) is 36.7 Å². The lowest BCUT2D eigenvalue weighted by Crippen LogP contribution is -2.20. The summed E-state index contributed by atoms with van der Waals surface area (Å²) in [6, 6.07) is 14.3. The Hall–Kier alpha value is -2.34. The van der Waals surface area contributed by atoms with Crippen molar-refractivity contribution in [3.8, 4) is 17.1 Å². The van der Waals surface area contributed by atoms with Crippen LogP contribution in [0.2, 0.25) is 10.0 Å². The molecule has 1 heterocycles. The summed E-state index contributed by atoms with van der Waals surface area (Å²) in [5.41, 5.74) is 3.94. The van der Waals surface area contributed by atoms with Crippen molar-refractivity contribution in [2.24, 2.45) is 0 Å². The Morgan fingerprint density at radius 3 is 2.12 bits per heavy atom. The number of amides is 1. The Labute approximate surface area is 148 Å².